The van der Waals surface area contributed by atoms with E-state index >= 15 is 0 Å². The first-order chi connectivity index (χ1) is 13.7. The second kappa shape index (κ2) is 8.36. The van der Waals surface area contributed by atoms with Crippen LogP contribution in [0.2, 0.25) is 0 Å². The standard InChI is InChI=1S/C24H29NO3/c1-27-21-11-12-23(28-2)22(15-21)24(26)18-13-19-9-6-10-20(14-18)25(19)16-17-7-4-3-5-8-17/h3-5,7-8,11-12,15,18-20H,6,9-10,13-14,16H2,1-2H3. The fourth-order valence-electron chi connectivity index (χ4n) is 4.97. The monoisotopic (exact) mass is 379 g/mol. The van der Waals surface area contributed by atoms with Crippen molar-refractivity contribution < 1.29 is 14.3 Å². The van der Waals surface area contributed by atoms with Crippen molar-refractivity contribution in [2.45, 2.75) is 50.7 Å². The lowest BCUT2D eigenvalue weighted by atomic mass is 9.75. The molecule has 4 heteroatoms. The van der Waals surface area contributed by atoms with Gasteiger partial charge in [-0.15, -0.1) is 0 Å². The van der Waals surface area contributed by atoms with Crippen LogP contribution in [0.25, 0.3) is 0 Å². The largest absolute Gasteiger partial charge is 0.497 e. The predicted molar refractivity (Wildman–Crippen MR) is 110 cm³/mol. The highest BCUT2D eigenvalue weighted by Crippen LogP contribution is 2.40. The van der Waals surface area contributed by atoms with Crippen LogP contribution in [0.3, 0.4) is 0 Å². The molecule has 2 aromatic carbocycles. The summed E-state index contributed by atoms with van der Waals surface area (Å²) in [6, 6.07) is 17.2. The third kappa shape index (κ3) is 3.79. The van der Waals surface area contributed by atoms with Crippen molar-refractivity contribution >= 4 is 5.78 Å². The summed E-state index contributed by atoms with van der Waals surface area (Å²) in [6.07, 6.45) is 5.50. The second-order valence-corrected chi connectivity index (χ2v) is 8.00. The molecule has 2 heterocycles. The molecule has 2 bridgehead atoms. The lowest BCUT2D eigenvalue weighted by Crippen LogP contribution is -2.52. The quantitative estimate of drug-likeness (QED) is 0.681. The number of rotatable bonds is 6. The topological polar surface area (TPSA) is 38.8 Å². The van der Waals surface area contributed by atoms with E-state index in [1.165, 1.54) is 24.8 Å². The van der Waals surface area contributed by atoms with Crippen LogP contribution < -0.4 is 9.47 Å². The zero-order chi connectivity index (χ0) is 19.5. The molecule has 0 saturated carbocycles. The molecular weight excluding hydrogens is 350 g/mol. The minimum Gasteiger partial charge on any atom is -0.497 e. The lowest BCUT2D eigenvalue weighted by Gasteiger charge is -2.48. The van der Waals surface area contributed by atoms with Gasteiger partial charge in [0.2, 0.25) is 0 Å². The van der Waals surface area contributed by atoms with Crippen LogP contribution in [0, 0.1) is 5.92 Å². The third-order valence-electron chi connectivity index (χ3n) is 6.38. The fourth-order valence-corrected chi connectivity index (χ4v) is 4.97. The summed E-state index contributed by atoms with van der Waals surface area (Å²) in [4.78, 5) is 16.0. The molecule has 2 atom stereocenters. The molecule has 0 aromatic heterocycles. The summed E-state index contributed by atoms with van der Waals surface area (Å²) in [5.74, 6) is 1.60. The normalized spacial score (nSPS) is 24.6. The van der Waals surface area contributed by atoms with Crippen LogP contribution in [-0.4, -0.2) is 37.0 Å². The van der Waals surface area contributed by atoms with Gasteiger partial charge in [0.05, 0.1) is 19.8 Å². The van der Waals surface area contributed by atoms with Crippen LogP contribution in [0.1, 0.15) is 48.0 Å². The summed E-state index contributed by atoms with van der Waals surface area (Å²) in [5.41, 5.74) is 2.01. The molecule has 148 valence electrons. The zero-order valence-corrected chi connectivity index (χ0v) is 16.8. The molecule has 2 unspecified atom stereocenters. The van der Waals surface area contributed by atoms with Gasteiger partial charge in [-0.2, -0.15) is 0 Å². The van der Waals surface area contributed by atoms with E-state index < -0.39 is 0 Å². The SMILES string of the molecule is COc1ccc(OC)c(C(=O)C2CC3CCCC(C2)N3Cc2ccccc2)c1. The summed E-state index contributed by atoms with van der Waals surface area (Å²) in [6.45, 7) is 0.986. The number of piperidine rings is 2. The Morgan fingerprint density at radius 3 is 2.36 bits per heavy atom. The molecule has 2 saturated heterocycles. The number of hydrogen-bond donors (Lipinski definition) is 0. The van der Waals surface area contributed by atoms with Crippen LogP contribution in [-0.2, 0) is 6.54 Å². The van der Waals surface area contributed by atoms with Gasteiger partial charge in [0.25, 0.3) is 0 Å². The van der Waals surface area contributed by atoms with E-state index in [0.717, 1.165) is 19.4 Å². The van der Waals surface area contributed by atoms with Crippen molar-refractivity contribution in [2.75, 3.05) is 14.2 Å². The smallest absolute Gasteiger partial charge is 0.169 e. The molecule has 2 aliphatic heterocycles. The van der Waals surface area contributed by atoms with Gasteiger partial charge < -0.3 is 9.47 Å². The Balaban J connectivity index is 1.53. The van der Waals surface area contributed by atoms with Gasteiger partial charge in [-0.25, -0.2) is 0 Å². The Morgan fingerprint density at radius 2 is 1.71 bits per heavy atom. The molecule has 28 heavy (non-hydrogen) atoms. The summed E-state index contributed by atoms with van der Waals surface area (Å²) >= 11 is 0. The average Bonchev–Trinajstić information content (AvgIpc) is 2.73. The molecule has 4 rings (SSSR count). The summed E-state index contributed by atoms with van der Waals surface area (Å²) in [5, 5.41) is 0. The molecule has 2 aliphatic rings. The fraction of sp³-hybridized carbons (Fsp3) is 0.458. The van der Waals surface area contributed by atoms with Crippen molar-refractivity contribution in [2.24, 2.45) is 5.92 Å². The van der Waals surface area contributed by atoms with Gasteiger partial charge in [0.15, 0.2) is 5.78 Å². The first-order valence-electron chi connectivity index (χ1n) is 10.3. The van der Waals surface area contributed by atoms with E-state index in [2.05, 4.69) is 35.2 Å². The Kier molecular flexibility index (Phi) is 5.67. The van der Waals surface area contributed by atoms with Gasteiger partial charge in [-0.05, 0) is 49.4 Å². The average molecular weight is 380 g/mol. The highest BCUT2D eigenvalue weighted by Gasteiger charge is 2.41. The van der Waals surface area contributed by atoms with Crippen LogP contribution in [0.15, 0.2) is 48.5 Å². The van der Waals surface area contributed by atoms with E-state index in [1.807, 2.05) is 18.2 Å². The maximum Gasteiger partial charge on any atom is 0.169 e. The van der Waals surface area contributed by atoms with Gasteiger partial charge in [-0.1, -0.05) is 36.8 Å². The number of ether oxygens (including phenoxy) is 2. The number of nitrogens with zero attached hydrogens (tertiary/aromatic N) is 1. The number of carbonyl (C=O) groups excluding carboxylic acids is 1. The van der Waals surface area contributed by atoms with Crippen LogP contribution in [0.5, 0.6) is 11.5 Å². The first-order valence-corrected chi connectivity index (χ1v) is 10.3. The number of hydrogen-bond acceptors (Lipinski definition) is 4. The first kappa shape index (κ1) is 19.0. The number of methoxy groups -OCH3 is 2. The highest BCUT2D eigenvalue weighted by molar-refractivity contribution is 6.00. The number of Topliss-reactive ketones (excluding diaryl/α,β-unsaturated/α-hetero) is 1. The maximum atomic E-state index is 13.4. The third-order valence-corrected chi connectivity index (χ3v) is 6.38. The van der Waals surface area contributed by atoms with Crippen molar-refractivity contribution in [3.05, 3.63) is 59.7 Å². The van der Waals surface area contributed by atoms with E-state index in [1.54, 1.807) is 14.2 Å². The Hall–Kier alpha value is -2.33. The lowest BCUT2D eigenvalue weighted by molar-refractivity contribution is 0.00898. The van der Waals surface area contributed by atoms with Gasteiger partial charge >= 0.3 is 0 Å². The van der Waals surface area contributed by atoms with Gasteiger partial charge in [-0.3, -0.25) is 9.69 Å². The second-order valence-electron chi connectivity index (χ2n) is 8.00. The molecule has 0 aliphatic carbocycles. The number of ketones is 1. The Bertz CT molecular complexity index is 806. The molecule has 2 fully saturated rings. The van der Waals surface area contributed by atoms with Crippen molar-refractivity contribution in [1.82, 2.24) is 4.90 Å². The minimum atomic E-state index is 0.0586. The van der Waals surface area contributed by atoms with E-state index in [4.69, 9.17) is 9.47 Å². The van der Waals surface area contributed by atoms with Crippen molar-refractivity contribution in [3.8, 4) is 11.5 Å². The van der Waals surface area contributed by atoms with Gasteiger partial charge in [0, 0.05) is 24.5 Å². The van der Waals surface area contributed by atoms with Crippen molar-refractivity contribution in [3.63, 3.8) is 0 Å². The van der Waals surface area contributed by atoms with Gasteiger partial charge in [0.1, 0.15) is 11.5 Å². The van der Waals surface area contributed by atoms with Crippen LogP contribution >= 0.6 is 0 Å². The van der Waals surface area contributed by atoms with E-state index in [0.29, 0.717) is 29.1 Å². The number of fused-ring (bicyclic) bond motifs is 2. The van der Waals surface area contributed by atoms with Crippen LogP contribution in [0.4, 0.5) is 0 Å². The van der Waals surface area contributed by atoms with Crippen molar-refractivity contribution in [1.29, 1.82) is 0 Å². The summed E-state index contributed by atoms with van der Waals surface area (Å²) in [7, 11) is 3.25. The summed E-state index contributed by atoms with van der Waals surface area (Å²) < 4.78 is 10.8. The molecule has 0 radical (unpaired) electrons. The maximum absolute atomic E-state index is 13.4. The molecule has 0 N–H and O–H groups in total. The van der Waals surface area contributed by atoms with E-state index in [9.17, 15) is 4.79 Å². The van der Waals surface area contributed by atoms with E-state index in [-0.39, 0.29) is 11.7 Å². The molecule has 0 amide bonds. The highest BCUT2D eigenvalue weighted by atomic mass is 16.5. The minimum absolute atomic E-state index is 0.0586. The predicted octanol–water partition coefficient (Wildman–Crippen LogP) is 4.72. The molecule has 0 spiro atoms. The zero-order valence-electron chi connectivity index (χ0n) is 16.8. The molecule has 4 nitrogen and oxygen atoms in total. The number of carbonyl (C=O) groups is 1. The molecular formula is C24H29NO3. The Labute approximate surface area is 167 Å². The Morgan fingerprint density at radius 1 is 1.00 bits per heavy atom. The molecule has 2 aromatic rings. The number of benzene rings is 2.